The van der Waals surface area contributed by atoms with Crippen molar-refractivity contribution in [3.63, 3.8) is 0 Å². The molecule has 0 saturated carbocycles. The molecule has 8 nitrogen and oxygen atoms in total. The Morgan fingerprint density at radius 3 is 1.35 bits per heavy atom. The molecule has 0 radical (unpaired) electrons. The van der Waals surface area contributed by atoms with E-state index in [0.29, 0.717) is 0 Å². The van der Waals surface area contributed by atoms with Crippen molar-refractivity contribution in [3.05, 3.63) is 22.8 Å². The summed E-state index contributed by atoms with van der Waals surface area (Å²) in [6.45, 7) is 8.13. The van der Waals surface area contributed by atoms with E-state index in [2.05, 4.69) is 28.4 Å². The first-order chi connectivity index (χ1) is 9.17. The van der Waals surface area contributed by atoms with Crippen LogP contribution in [0.15, 0.2) is 32.8 Å². The lowest BCUT2D eigenvalue weighted by molar-refractivity contribution is -0.470. The minimum atomic E-state index is -4.65. The van der Waals surface area contributed by atoms with Gasteiger partial charge < -0.3 is 18.9 Å². The highest BCUT2D eigenvalue weighted by Gasteiger charge is 2.02. The normalized spacial score (nSPS) is 16.9. The van der Waals surface area contributed by atoms with Gasteiger partial charge in [-0.15, -0.1) is 0 Å². The Labute approximate surface area is 118 Å². The van der Waals surface area contributed by atoms with Crippen molar-refractivity contribution in [3.8, 4) is 0 Å². The van der Waals surface area contributed by atoms with E-state index in [1.165, 1.54) is 11.4 Å². The van der Waals surface area contributed by atoms with Crippen molar-refractivity contribution in [2.45, 2.75) is 27.7 Å². The van der Waals surface area contributed by atoms with Crippen LogP contribution in [0.2, 0.25) is 0 Å². The van der Waals surface area contributed by atoms with E-state index in [4.69, 9.17) is 0 Å². The number of nitrogens with two attached hydrogens (primary N) is 2. The molecule has 0 unspecified atom stereocenters. The maximum absolute atomic E-state index is 9.25. The Bertz CT molecular complexity index is 457. The Balaban J connectivity index is 0.000000272. The molecule has 9 heteroatoms. The molecule has 0 amide bonds. The van der Waals surface area contributed by atoms with E-state index in [1.54, 1.807) is 0 Å². The first kappa shape index (κ1) is 18.9. The quantitative estimate of drug-likeness (QED) is 0.550. The molecule has 2 aliphatic heterocycles. The van der Waals surface area contributed by atoms with Gasteiger partial charge >= 0.3 is 0 Å². The summed E-state index contributed by atoms with van der Waals surface area (Å²) in [6, 6.07) is 0. The minimum absolute atomic E-state index is 0.820. The van der Waals surface area contributed by atoms with E-state index in [9.17, 15) is 14.4 Å². The van der Waals surface area contributed by atoms with Crippen LogP contribution in [0.4, 0.5) is 0 Å². The Hall–Kier alpha value is -1.15. The van der Waals surface area contributed by atoms with Gasteiger partial charge in [0.1, 0.15) is 11.4 Å². The summed E-state index contributed by atoms with van der Waals surface area (Å²) < 4.78 is 12.6. The van der Waals surface area contributed by atoms with Crippen LogP contribution in [-0.2, 0) is 9.09 Å². The molecule has 2 aliphatic rings. The zero-order chi connectivity index (χ0) is 15.8. The van der Waals surface area contributed by atoms with Crippen LogP contribution in [0.3, 0.4) is 0 Å². The smallest absolute Gasteiger partial charge is 0.191 e. The predicted molar refractivity (Wildman–Crippen MR) is 72.2 cm³/mol. The Morgan fingerprint density at radius 1 is 1.00 bits per heavy atom. The fraction of sp³-hybridized carbons (Fsp3) is 0.455. The molecule has 0 atom stereocenters. The highest BCUT2D eigenvalue weighted by atomic mass is 31.2. The largest absolute Gasteiger partial charge is 0.790 e. The highest BCUT2D eigenvalue weighted by molar-refractivity contribution is 7.43. The molecule has 0 aromatic heterocycles. The lowest BCUT2D eigenvalue weighted by Crippen LogP contribution is -2.78. The molecule has 0 bridgehead atoms. The number of rotatable bonds is 1. The van der Waals surface area contributed by atoms with Gasteiger partial charge in [0.15, 0.2) is 12.7 Å². The van der Waals surface area contributed by atoms with Crippen LogP contribution in [0.1, 0.15) is 27.7 Å². The number of phosphoric ester groups is 1. The molecule has 0 fully saturated rings. The fourth-order valence-electron chi connectivity index (χ4n) is 0.967. The number of nitrogens with zero attached hydrogens (tertiary/aromatic N) is 2. The summed E-state index contributed by atoms with van der Waals surface area (Å²) in [5.74, 6) is 0. The molecular weight excluding hydrogens is 283 g/mol. The standard InChI is InChI=1S/2C5H8N2.CH5O4P/c2*1-4-5(2)7-3-6-4;1-5-6(2,3)4/h2*3H,1-2H3,(H,6,7);1H3,(H2,2,3,4). The molecule has 2 rings (SSSR count). The average molecular weight is 304 g/mol. The van der Waals surface area contributed by atoms with Crippen LogP contribution in [0, 0.1) is 0 Å². The SMILES string of the molecule is CC1=C(C)[NH2+]C=N1.CC1=C(C)[NH2+]C=N1.COP(=O)([O-])[O-]. The summed E-state index contributed by atoms with van der Waals surface area (Å²) in [5.41, 5.74) is 4.83. The monoisotopic (exact) mass is 304 g/mol. The van der Waals surface area contributed by atoms with E-state index >= 15 is 0 Å². The predicted octanol–water partition coefficient (Wildman–Crippen LogP) is -1.85. The summed E-state index contributed by atoms with van der Waals surface area (Å²) in [6.07, 6.45) is 3.65. The molecule has 0 aliphatic carbocycles. The topological polar surface area (TPSA) is 130 Å². The molecular formula is C11H21N4O4P. The molecule has 0 saturated heterocycles. The van der Waals surface area contributed by atoms with Gasteiger partial charge in [0.05, 0.1) is 19.2 Å². The van der Waals surface area contributed by atoms with Gasteiger partial charge in [0, 0.05) is 21.0 Å². The van der Waals surface area contributed by atoms with Gasteiger partial charge in [-0.1, -0.05) is 0 Å². The second-order valence-corrected chi connectivity index (χ2v) is 5.32. The van der Waals surface area contributed by atoms with Gasteiger partial charge in [-0.25, -0.2) is 9.98 Å². The maximum atomic E-state index is 9.25. The molecule has 20 heavy (non-hydrogen) atoms. The van der Waals surface area contributed by atoms with Gasteiger partial charge in [0.25, 0.3) is 0 Å². The molecule has 0 spiro atoms. The van der Waals surface area contributed by atoms with Crippen molar-refractivity contribution in [2.24, 2.45) is 9.98 Å². The van der Waals surface area contributed by atoms with Gasteiger partial charge in [-0.3, -0.25) is 10.6 Å². The van der Waals surface area contributed by atoms with Crippen LogP contribution in [0.5, 0.6) is 0 Å². The van der Waals surface area contributed by atoms with Crippen LogP contribution in [0.25, 0.3) is 0 Å². The Kier molecular flexibility index (Phi) is 8.40. The summed E-state index contributed by atoms with van der Waals surface area (Å²) >= 11 is 0. The number of quaternary nitrogens is 2. The molecule has 2 heterocycles. The first-order valence-electron chi connectivity index (χ1n) is 5.85. The van der Waals surface area contributed by atoms with Crippen molar-refractivity contribution < 1.29 is 29.5 Å². The Morgan fingerprint density at radius 2 is 1.30 bits per heavy atom. The number of phosphoric acid groups is 1. The van der Waals surface area contributed by atoms with E-state index in [-0.39, 0.29) is 0 Å². The van der Waals surface area contributed by atoms with Crippen LogP contribution >= 0.6 is 7.82 Å². The van der Waals surface area contributed by atoms with Crippen molar-refractivity contribution in [2.75, 3.05) is 7.11 Å². The molecule has 0 aromatic carbocycles. The molecule has 0 aromatic rings. The third kappa shape index (κ3) is 8.87. The summed E-state index contributed by atoms with van der Waals surface area (Å²) in [4.78, 5) is 26.5. The van der Waals surface area contributed by atoms with Crippen LogP contribution in [-0.4, -0.2) is 19.8 Å². The third-order valence-corrected chi connectivity index (χ3v) is 3.00. The lowest BCUT2D eigenvalue weighted by Gasteiger charge is -2.25. The highest BCUT2D eigenvalue weighted by Crippen LogP contribution is 2.21. The zero-order valence-corrected chi connectivity index (χ0v) is 13.2. The lowest BCUT2D eigenvalue weighted by atomic mass is 10.4. The van der Waals surface area contributed by atoms with Crippen LogP contribution < -0.4 is 20.4 Å². The van der Waals surface area contributed by atoms with Crippen molar-refractivity contribution in [1.82, 2.24) is 0 Å². The zero-order valence-electron chi connectivity index (χ0n) is 12.3. The maximum Gasteiger partial charge on any atom is 0.191 e. The van der Waals surface area contributed by atoms with Crippen molar-refractivity contribution in [1.29, 1.82) is 0 Å². The number of hydrogen-bond acceptors (Lipinski definition) is 6. The van der Waals surface area contributed by atoms with E-state index < -0.39 is 7.82 Å². The van der Waals surface area contributed by atoms with E-state index in [0.717, 1.165) is 18.5 Å². The molecule has 114 valence electrons. The number of hydrogen-bond donors (Lipinski definition) is 2. The van der Waals surface area contributed by atoms with E-state index in [1.807, 2.05) is 37.2 Å². The van der Waals surface area contributed by atoms with Gasteiger partial charge in [-0.05, 0) is 13.8 Å². The molecule has 4 N–H and O–H groups in total. The average Bonchev–Trinajstić information content (AvgIpc) is 2.91. The van der Waals surface area contributed by atoms with Gasteiger partial charge in [0.2, 0.25) is 0 Å². The fourth-order valence-corrected chi connectivity index (χ4v) is 0.967. The second kappa shape index (κ2) is 8.91. The number of allylic oxidation sites excluding steroid dienone is 4. The number of aliphatic imine (C=N–C) groups is 2. The summed E-state index contributed by atoms with van der Waals surface area (Å²) in [5, 5.41) is 4.02. The second-order valence-electron chi connectivity index (χ2n) is 4.06. The summed E-state index contributed by atoms with van der Waals surface area (Å²) in [7, 11) is -3.83. The van der Waals surface area contributed by atoms with Gasteiger partial charge in [-0.2, -0.15) is 0 Å². The van der Waals surface area contributed by atoms with Crippen molar-refractivity contribution >= 4 is 20.5 Å². The first-order valence-corrected chi connectivity index (χ1v) is 7.31. The minimum Gasteiger partial charge on any atom is -0.790 e. The third-order valence-electron chi connectivity index (χ3n) is 2.55.